The van der Waals surface area contributed by atoms with E-state index in [4.69, 9.17) is 16.0 Å². The largest absolute Gasteiger partial charge is 0.407 e. The Bertz CT molecular complexity index is 460. The van der Waals surface area contributed by atoms with Crippen LogP contribution in [-0.4, -0.2) is 10.2 Å². The van der Waals surface area contributed by atoms with Crippen LogP contribution in [0.25, 0.3) is 0 Å². The minimum absolute atomic E-state index is 0.215. The number of anilines is 2. The molecule has 0 aliphatic rings. The Morgan fingerprint density at radius 3 is 2.93 bits per heavy atom. The van der Waals surface area contributed by atoms with Crippen LogP contribution < -0.4 is 5.32 Å². The van der Waals surface area contributed by atoms with E-state index in [-0.39, 0.29) is 5.88 Å². The molecular weight excluding hydrogens is 281 g/mol. The van der Waals surface area contributed by atoms with Gasteiger partial charge in [0.25, 0.3) is 0 Å². The number of nitrogens with zero attached hydrogens (tertiary/aromatic N) is 2. The Kier molecular flexibility index (Phi) is 3.23. The Morgan fingerprint density at radius 1 is 1.40 bits per heavy atom. The molecule has 0 saturated heterocycles. The van der Waals surface area contributed by atoms with Gasteiger partial charge in [0, 0.05) is 10.2 Å². The van der Waals surface area contributed by atoms with Crippen molar-refractivity contribution in [3.8, 4) is 0 Å². The topological polar surface area (TPSA) is 51.0 Å². The first-order valence-electron chi connectivity index (χ1n) is 4.19. The Hall–Kier alpha value is -1.07. The predicted molar refractivity (Wildman–Crippen MR) is 61.3 cm³/mol. The molecule has 15 heavy (non-hydrogen) atoms. The van der Waals surface area contributed by atoms with Gasteiger partial charge in [-0.25, -0.2) is 0 Å². The van der Waals surface area contributed by atoms with E-state index in [2.05, 4.69) is 31.4 Å². The van der Waals surface area contributed by atoms with Gasteiger partial charge in [0.15, 0.2) is 0 Å². The van der Waals surface area contributed by atoms with Crippen molar-refractivity contribution in [1.82, 2.24) is 10.2 Å². The number of nitrogens with one attached hydrogen (secondary N) is 1. The number of halogens is 2. The first-order chi connectivity index (χ1) is 7.28. The summed E-state index contributed by atoms with van der Waals surface area (Å²) in [5.74, 6) is 0.613. The van der Waals surface area contributed by atoms with E-state index in [1.165, 1.54) is 0 Å². The van der Waals surface area contributed by atoms with Crippen LogP contribution in [0.1, 0.15) is 5.89 Å². The van der Waals surface area contributed by atoms with Crippen molar-refractivity contribution < 1.29 is 4.42 Å². The molecule has 0 atom stereocenters. The number of aromatic nitrogens is 2. The highest BCUT2D eigenvalue weighted by molar-refractivity contribution is 9.10. The van der Waals surface area contributed by atoms with E-state index >= 15 is 0 Å². The number of hydrogen-bond acceptors (Lipinski definition) is 4. The third kappa shape index (κ3) is 2.70. The summed E-state index contributed by atoms with van der Waals surface area (Å²) in [5.41, 5.74) is 0.870. The predicted octanol–water partition coefficient (Wildman–Crippen LogP) is 3.31. The quantitative estimate of drug-likeness (QED) is 0.880. The molecule has 0 bridgehead atoms. The molecule has 0 aliphatic carbocycles. The molecule has 1 N–H and O–H groups in total. The standard InChI is InChI=1S/C9H7BrClN3O/c10-6-2-1-3-7(4-6)12-9-14-13-8(5-11)15-9/h1-4H,5H2,(H,12,14). The molecule has 0 unspecified atom stereocenters. The lowest BCUT2D eigenvalue weighted by Gasteiger charge is -2.00. The van der Waals surface area contributed by atoms with Crippen LogP contribution in [0.2, 0.25) is 0 Å². The monoisotopic (exact) mass is 287 g/mol. The van der Waals surface area contributed by atoms with Crippen LogP contribution in [-0.2, 0) is 5.88 Å². The third-order valence-corrected chi connectivity index (χ3v) is 2.38. The number of alkyl halides is 1. The first kappa shape index (κ1) is 10.4. The summed E-state index contributed by atoms with van der Waals surface area (Å²) >= 11 is 8.90. The molecule has 0 fully saturated rings. The fourth-order valence-corrected chi connectivity index (χ4v) is 1.56. The molecule has 1 aromatic carbocycles. The summed E-state index contributed by atoms with van der Waals surface area (Å²) in [4.78, 5) is 0. The summed E-state index contributed by atoms with van der Waals surface area (Å²) in [5, 5.41) is 10.5. The maximum Gasteiger partial charge on any atom is 0.320 e. The molecule has 1 aromatic heterocycles. The lowest BCUT2D eigenvalue weighted by Crippen LogP contribution is -1.89. The van der Waals surface area contributed by atoms with Gasteiger partial charge in [-0.2, -0.15) is 0 Å². The minimum Gasteiger partial charge on any atom is -0.407 e. The fraction of sp³-hybridized carbons (Fsp3) is 0.111. The summed E-state index contributed by atoms with van der Waals surface area (Å²) in [6.07, 6.45) is 0. The molecule has 2 rings (SSSR count). The van der Waals surface area contributed by atoms with Crippen molar-refractivity contribution in [2.75, 3.05) is 5.32 Å². The molecule has 0 radical (unpaired) electrons. The van der Waals surface area contributed by atoms with Gasteiger partial charge in [-0.15, -0.1) is 16.7 Å². The average Bonchev–Trinajstić information content (AvgIpc) is 2.65. The number of rotatable bonds is 3. The maximum atomic E-state index is 5.54. The first-order valence-corrected chi connectivity index (χ1v) is 5.51. The van der Waals surface area contributed by atoms with Gasteiger partial charge in [0.05, 0.1) is 0 Å². The van der Waals surface area contributed by atoms with Gasteiger partial charge >= 0.3 is 6.01 Å². The van der Waals surface area contributed by atoms with E-state index < -0.39 is 0 Å². The molecule has 1 heterocycles. The molecule has 4 nitrogen and oxygen atoms in total. The molecule has 6 heteroatoms. The van der Waals surface area contributed by atoms with Gasteiger partial charge in [-0.3, -0.25) is 0 Å². The Balaban J connectivity index is 2.14. The summed E-state index contributed by atoms with van der Waals surface area (Å²) < 4.78 is 6.17. The van der Waals surface area contributed by atoms with Crippen LogP contribution in [0.15, 0.2) is 33.2 Å². The van der Waals surface area contributed by atoms with Crippen molar-refractivity contribution in [1.29, 1.82) is 0 Å². The molecule has 2 aromatic rings. The Morgan fingerprint density at radius 2 is 2.27 bits per heavy atom. The van der Waals surface area contributed by atoms with Crippen LogP contribution >= 0.6 is 27.5 Å². The zero-order valence-electron chi connectivity index (χ0n) is 7.58. The van der Waals surface area contributed by atoms with Crippen LogP contribution in [0.5, 0.6) is 0 Å². The minimum atomic E-state index is 0.215. The van der Waals surface area contributed by atoms with Crippen LogP contribution in [0.4, 0.5) is 11.7 Å². The molecule has 0 saturated carbocycles. The van der Waals surface area contributed by atoms with Crippen LogP contribution in [0, 0.1) is 0 Å². The zero-order chi connectivity index (χ0) is 10.7. The van der Waals surface area contributed by atoms with Crippen molar-refractivity contribution in [3.05, 3.63) is 34.6 Å². The summed E-state index contributed by atoms with van der Waals surface area (Å²) in [7, 11) is 0. The van der Waals surface area contributed by atoms with Crippen molar-refractivity contribution >= 4 is 39.2 Å². The van der Waals surface area contributed by atoms with Gasteiger partial charge < -0.3 is 9.73 Å². The second kappa shape index (κ2) is 4.63. The van der Waals surface area contributed by atoms with E-state index in [0.717, 1.165) is 10.2 Å². The highest BCUT2D eigenvalue weighted by Gasteiger charge is 2.04. The molecular formula is C9H7BrClN3O. The molecule has 0 spiro atoms. The van der Waals surface area contributed by atoms with E-state index in [0.29, 0.717) is 11.9 Å². The van der Waals surface area contributed by atoms with Crippen molar-refractivity contribution in [2.45, 2.75) is 5.88 Å². The summed E-state index contributed by atoms with van der Waals surface area (Å²) in [6, 6.07) is 7.98. The fourth-order valence-electron chi connectivity index (χ4n) is 1.05. The lowest BCUT2D eigenvalue weighted by molar-refractivity contribution is 0.530. The molecule has 0 amide bonds. The lowest BCUT2D eigenvalue weighted by atomic mass is 10.3. The smallest absolute Gasteiger partial charge is 0.320 e. The Labute approximate surface area is 99.8 Å². The molecule has 78 valence electrons. The normalized spacial score (nSPS) is 10.3. The van der Waals surface area contributed by atoms with E-state index in [1.54, 1.807) is 0 Å². The highest BCUT2D eigenvalue weighted by atomic mass is 79.9. The summed E-state index contributed by atoms with van der Waals surface area (Å²) in [6.45, 7) is 0. The van der Waals surface area contributed by atoms with E-state index in [1.807, 2.05) is 24.3 Å². The average molecular weight is 289 g/mol. The second-order valence-electron chi connectivity index (χ2n) is 2.77. The zero-order valence-corrected chi connectivity index (χ0v) is 9.92. The van der Waals surface area contributed by atoms with E-state index in [9.17, 15) is 0 Å². The molecule has 0 aliphatic heterocycles. The number of hydrogen-bond donors (Lipinski definition) is 1. The van der Waals surface area contributed by atoms with Gasteiger partial charge in [0.2, 0.25) is 5.89 Å². The third-order valence-electron chi connectivity index (χ3n) is 1.66. The van der Waals surface area contributed by atoms with Crippen molar-refractivity contribution in [2.24, 2.45) is 0 Å². The van der Waals surface area contributed by atoms with Crippen molar-refractivity contribution in [3.63, 3.8) is 0 Å². The maximum absolute atomic E-state index is 5.54. The second-order valence-corrected chi connectivity index (χ2v) is 3.95. The number of benzene rings is 1. The van der Waals surface area contributed by atoms with Gasteiger partial charge in [0.1, 0.15) is 5.88 Å². The van der Waals surface area contributed by atoms with Gasteiger partial charge in [-0.05, 0) is 18.2 Å². The van der Waals surface area contributed by atoms with Crippen LogP contribution in [0.3, 0.4) is 0 Å². The highest BCUT2D eigenvalue weighted by Crippen LogP contribution is 2.19. The van der Waals surface area contributed by atoms with Gasteiger partial charge in [-0.1, -0.05) is 27.1 Å². The SMILES string of the molecule is ClCc1nnc(Nc2cccc(Br)c2)o1.